The molecule has 2 atom stereocenters. The van der Waals surface area contributed by atoms with E-state index in [4.69, 9.17) is 0 Å². The summed E-state index contributed by atoms with van der Waals surface area (Å²) in [5, 5.41) is 1.04. The normalized spacial score (nSPS) is 12.4. The molecule has 0 aliphatic carbocycles. The molecule has 0 saturated carbocycles. The van der Waals surface area contributed by atoms with Crippen molar-refractivity contribution in [3.8, 4) is 0 Å². The molecule has 0 aliphatic rings. The van der Waals surface area contributed by atoms with E-state index in [1.54, 1.807) is 0 Å². The van der Waals surface area contributed by atoms with Gasteiger partial charge in [-0.3, -0.25) is 0 Å². The maximum atomic E-state index is 3.41. The molecule has 0 heterocycles. The SMILES string of the molecule is Cl.PCC(Br)CBr. The van der Waals surface area contributed by atoms with Gasteiger partial charge < -0.3 is 0 Å². The van der Waals surface area contributed by atoms with Gasteiger partial charge in [-0.15, -0.1) is 21.6 Å². The van der Waals surface area contributed by atoms with Gasteiger partial charge in [0.1, 0.15) is 0 Å². The molecular weight excluding hydrogens is 262 g/mol. The third-order valence-corrected chi connectivity index (χ3v) is 4.03. The van der Waals surface area contributed by atoms with Crippen LogP contribution in [-0.2, 0) is 0 Å². The quantitative estimate of drug-likeness (QED) is 0.534. The van der Waals surface area contributed by atoms with Crippen LogP contribution in [0, 0.1) is 0 Å². The fraction of sp³-hybridized carbons (Fsp3) is 1.00. The van der Waals surface area contributed by atoms with Crippen LogP contribution in [0.5, 0.6) is 0 Å². The lowest BCUT2D eigenvalue weighted by atomic mass is 10.6. The predicted octanol–water partition coefficient (Wildman–Crippen LogP) is 2.44. The summed E-state index contributed by atoms with van der Waals surface area (Å²) in [6, 6.07) is 0. The molecule has 0 aromatic rings. The van der Waals surface area contributed by atoms with E-state index in [1.165, 1.54) is 0 Å². The number of hydrogen-bond donors (Lipinski definition) is 0. The molecule has 0 saturated heterocycles. The van der Waals surface area contributed by atoms with Gasteiger partial charge in [0.05, 0.1) is 0 Å². The molecule has 0 spiro atoms. The van der Waals surface area contributed by atoms with Gasteiger partial charge in [-0.25, -0.2) is 0 Å². The molecule has 0 aromatic carbocycles. The van der Waals surface area contributed by atoms with Gasteiger partial charge in [0.25, 0.3) is 0 Å². The summed E-state index contributed by atoms with van der Waals surface area (Å²) < 4.78 is 0. The largest absolute Gasteiger partial charge is 0.147 e. The smallest absolute Gasteiger partial charge is 0.0277 e. The Balaban J connectivity index is 0. The minimum atomic E-state index is 0. The first kappa shape index (κ1) is 11.5. The van der Waals surface area contributed by atoms with E-state index in [0.717, 1.165) is 11.5 Å². The summed E-state index contributed by atoms with van der Waals surface area (Å²) in [4.78, 5) is 0.627. The number of rotatable bonds is 2. The highest BCUT2D eigenvalue weighted by Crippen LogP contribution is 2.05. The first-order chi connectivity index (χ1) is 2.81. The Kier molecular flexibility index (Phi) is 12.6. The Hall–Kier alpha value is 1.68. The van der Waals surface area contributed by atoms with Crippen LogP contribution in [0.3, 0.4) is 0 Å². The Morgan fingerprint density at radius 3 is 2.00 bits per heavy atom. The summed E-state index contributed by atoms with van der Waals surface area (Å²) in [5.41, 5.74) is 0. The summed E-state index contributed by atoms with van der Waals surface area (Å²) >= 11 is 6.72. The van der Waals surface area contributed by atoms with E-state index in [-0.39, 0.29) is 12.4 Å². The Morgan fingerprint density at radius 1 is 1.57 bits per heavy atom. The lowest BCUT2D eigenvalue weighted by molar-refractivity contribution is 1.19. The van der Waals surface area contributed by atoms with Crippen molar-refractivity contribution in [2.75, 3.05) is 11.5 Å². The minimum absolute atomic E-state index is 0. The molecule has 0 nitrogen and oxygen atoms in total. The third-order valence-electron chi connectivity index (χ3n) is 0.423. The average molecular weight is 270 g/mol. The van der Waals surface area contributed by atoms with E-state index in [0.29, 0.717) is 4.83 Å². The number of alkyl halides is 2. The Morgan fingerprint density at radius 2 is 2.00 bits per heavy atom. The van der Waals surface area contributed by atoms with Crippen LogP contribution in [0.15, 0.2) is 0 Å². The molecule has 0 fully saturated rings. The molecule has 0 aliphatic heterocycles. The monoisotopic (exact) mass is 268 g/mol. The highest BCUT2D eigenvalue weighted by Gasteiger charge is 1.92. The van der Waals surface area contributed by atoms with Crippen LogP contribution < -0.4 is 0 Å². The number of halogens is 3. The molecule has 0 amide bonds. The van der Waals surface area contributed by atoms with Gasteiger partial charge in [0.15, 0.2) is 0 Å². The molecule has 0 radical (unpaired) electrons. The fourth-order valence-corrected chi connectivity index (χ4v) is 0.982. The van der Waals surface area contributed by atoms with E-state index in [9.17, 15) is 0 Å². The zero-order valence-electron chi connectivity index (χ0n) is 3.73. The van der Waals surface area contributed by atoms with Crippen LogP contribution in [0.25, 0.3) is 0 Å². The molecule has 7 heavy (non-hydrogen) atoms. The van der Waals surface area contributed by atoms with Gasteiger partial charge in [-0.05, 0) is 6.16 Å². The van der Waals surface area contributed by atoms with Crippen molar-refractivity contribution in [3.05, 3.63) is 0 Å². The third kappa shape index (κ3) is 7.68. The average Bonchev–Trinajstić information content (AvgIpc) is 1.65. The second-order valence-corrected chi connectivity index (χ2v) is 3.40. The van der Waals surface area contributed by atoms with Crippen molar-refractivity contribution in [2.45, 2.75) is 4.83 Å². The molecule has 0 aromatic heterocycles. The highest BCUT2D eigenvalue weighted by atomic mass is 79.9. The highest BCUT2D eigenvalue weighted by molar-refractivity contribution is 9.12. The maximum absolute atomic E-state index is 3.41. The molecule has 0 bridgehead atoms. The lowest BCUT2D eigenvalue weighted by Gasteiger charge is -1.94. The van der Waals surface area contributed by atoms with Gasteiger partial charge in [0.2, 0.25) is 0 Å². The van der Waals surface area contributed by atoms with Crippen LogP contribution in [-0.4, -0.2) is 16.3 Å². The second kappa shape index (κ2) is 7.68. The van der Waals surface area contributed by atoms with E-state index < -0.39 is 0 Å². The standard InChI is InChI=1S/C3H7Br2P.ClH/c4-1-3(5)2-6;/h3H,1-2,6H2;1H. The Labute approximate surface area is 69.7 Å². The first-order valence-corrected chi connectivity index (χ1v) is 4.56. The molecule has 46 valence electrons. The van der Waals surface area contributed by atoms with Crippen molar-refractivity contribution in [2.24, 2.45) is 0 Å². The van der Waals surface area contributed by atoms with Crippen LogP contribution in [0.4, 0.5) is 0 Å². The Bertz CT molecular complexity index is 32.1. The van der Waals surface area contributed by atoms with Gasteiger partial charge in [0, 0.05) is 10.2 Å². The first-order valence-electron chi connectivity index (χ1n) is 1.71. The zero-order valence-corrected chi connectivity index (χ0v) is 8.88. The van der Waals surface area contributed by atoms with Gasteiger partial charge in [-0.2, -0.15) is 0 Å². The molecule has 2 unspecified atom stereocenters. The van der Waals surface area contributed by atoms with Gasteiger partial charge in [-0.1, -0.05) is 31.9 Å². The van der Waals surface area contributed by atoms with Crippen LogP contribution in [0.2, 0.25) is 0 Å². The zero-order chi connectivity index (χ0) is 4.99. The second-order valence-electron chi connectivity index (χ2n) is 0.987. The molecular formula is C3H8Br2ClP. The topological polar surface area (TPSA) is 0 Å². The molecule has 0 N–H and O–H groups in total. The van der Waals surface area contributed by atoms with Crippen LogP contribution >= 0.6 is 53.5 Å². The number of hydrogen-bond acceptors (Lipinski definition) is 0. The fourth-order valence-electron chi connectivity index (χ4n) is 0.0630. The summed E-state index contributed by atoms with van der Waals surface area (Å²) in [7, 11) is 2.66. The predicted molar refractivity (Wildman–Crippen MR) is 48.3 cm³/mol. The van der Waals surface area contributed by atoms with E-state index in [2.05, 4.69) is 41.1 Å². The van der Waals surface area contributed by atoms with Crippen molar-refractivity contribution in [1.29, 1.82) is 0 Å². The lowest BCUT2D eigenvalue weighted by Crippen LogP contribution is -1.97. The summed E-state index contributed by atoms with van der Waals surface area (Å²) in [6.45, 7) is 0. The van der Waals surface area contributed by atoms with Gasteiger partial charge >= 0.3 is 0 Å². The molecule has 4 heteroatoms. The van der Waals surface area contributed by atoms with E-state index >= 15 is 0 Å². The van der Waals surface area contributed by atoms with Crippen molar-refractivity contribution >= 4 is 53.5 Å². The molecule has 0 rings (SSSR count). The van der Waals surface area contributed by atoms with Crippen molar-refractivity contribution in [1.82, 2.24) is 0 Å². The van der Waals surface area contributed by atoms with E-state index in [1.807, 2.05) is 0 Å². The summed E-state index contributed by atoms with van der Waals surface area (Å²) in [6.07, 6.45) is 1.12. The minimum Gasteiger partial charge on any atom is -0.147 e. The van der Waals surface area contributed by atoms with Crippen molar-refractivity contribution in [3.63, 3.8) is 0 Å². The van der Waals surface area contributed by atoms with Crippen molar-refractivity contribution < 1.29 is 0 Å². The maximum Gasteiger partial charge on any atom is 0.0277 e. The summed E-state index contributed by atoms with van der Waals surface area (Å²) in [5.74, 6) is 0. The van der Waals surface area contributed by atoms with Crippen LogP contribution in [0.1, 0.15) is 0 Å².